The van der Waals surface area contributed by atoms with Crippen molar-refractivity contribution in [2.24, 2.45) is 0 Å². The van der Waals surface area contributed by atoms with Crippen molar-refractivity contribution in [3.05, 3.63) is 11.1 Å². The third kappa shape index (κ3) is 5.14. The molecular weight excluding hydrogens is 224 g/mol. The molecule has 0 rings (SSSR count). The lowest BCUT2D eigenvalue weighted by Gasteiger charge is -2.12. The van der Waals surface area contributed by atoms with Crippen LogP contribution in [0.3, 0.4) is 0 Å². The maximum atomic E-state index is 11.5. The summed E-state index contributed by atoms with van der Waals surface area (Å²) in [4.78, 5) is 33.4. The second-order valence-electron chi connectivity index (χ2n) is 3.79. The van der Waals surface area contributed by atoms with E-state index in [1.165, 1.54) is 13.8 Å². The summed E-state index contributed by atoms with van der Waals surface area (Å²) >= 11 is 0. The van der Waals surface area contributed by atoms with Crippen LogP contribution in [0.5, 0.6) is 0 Å². The first kappa shape index (κ1) is 15.2. The van der Waals surface area contributed by atoms with Crippen molar-refractivity contribution in [3.8, 4) is 0 Å². The Labute approximate surface area is 100 Å². The van der Waals surface area contributed by atoms with Crippen molar-refractivity contribution in [1.29, 1.82) is 0 Å². The highest BCUT2D eigenvalue weighted by Gasteiger charge is 2.15. The van der Waals surface area contributed by atoms with E-state index in [1.807, 2.05) is 6.92 Å². The van der Waals surface area contributed by atoms with Crippen molar-refractivity contribution >= 4 is 17.9 Å². The van der Waals surface area contributed by atoms with E-state index in [4.69, 9.17) is 5.11 Å². The maximum Gasteiger partial charge on any atom is 0.331 e. The molecule has 0 saturated heterocycles. The van der Waals surface area contributed by atoms with E-state index in [0.717, 1.165) is 6.42 Å². The molecule has 1 atom stereocenters. The first-order chi connectivity index (χ1) is 7.79. The highest BCUT2D eigenvalue weighted by Crippen LogP contribution is 2.03. The summed E-state index contributed by atoms with van der Waals surface area (Å²) in [5, 5.41) is 13.3. The number of hydrogen-bond donors (Lipinski definition) is 3. The van der Waals surface area contributed by atoms with Crippen LogP contribution in [-0.4, -0.2) is 29.1 Å². The number of urea groups is 1. The number of carboxylic acids is 1. The monoisotopic (exact) mass is 242 g/mol. The minimum Gasteiger partial charge on any atom is -0.478 e. The van der Waals surface area contributed by atoms with Gasteiger partial charge in [-0.3, -0.25) is 10.1 Å². The van der Waals surface area contributed by atoms with Crippen molar-refractivity contribution in [2.45, 2.75) is 40.2 Å². The molecule has 0 aliphatic rings. The molecule has 0 spiro atoms. The van der Waals surface area contributed by atoms with Gasteiger partial charge in [0.2, 0.25) is 0 Å². The van der Waals surface area contributed by atoms with Crippen LogP contribution in [0, 0.1) is 0 Å². The van der Waals surface area contributed by atoms with Crippen LogP contribution in [-0.2, 0) is 9.59 Å². The van der Waals surface area contributed by atoms with Gasteiger partial charge in [0.05, 0.1) is 0 Å². The van der Waals surface area contributed by atoms with Gasteiger partial charge in [0.1, 0.15) is 0 Å². The minimum absolute atomic E-state index is 0.0109. The molecule has 1 unspecified atom stereocenters. The molecule has 6 nitrogen and oxygen atoms in total. The SMILES string of the molecule is CCC(C)NC(=O)NC(=O)C(C)=C(C)C(=O)O. The van der Waals surface area contributed by atoms with E-state index in [9.17, 15) is 14.4 Å². The Kier molecular flexibility index (Phi) is 5.95. The predicted octanol–water partition coefficient (Wildman–Crippen LogP) is 1.03. The van der Waals surface area contributed by atoms with E-state index in [2.05, 4.69) is 10.6 Å². The molecular formula is C11H18N2O4. The normalized spacial score (nSPS) is 13.4. The van der Waals surface area contributed by atoms with Gasteiger partial charge in [-0.15, -0.1) is 0 Å². The van der Waals surface area contributed by atoms with Crippen LogP contribution < -0.4 is 10.6 Å². The smallest absolute Gasteiger partial charge is 0.331 e. The molecule has 0 saturated carbocycles. The van der Waals surface area contributed by atoms with Crippen LogP contribution in [0.25, 0.3) is 0 Å². The molecule has 0 aromatic heterocycles. The van der Waals surface area contributed by atoms with Gasteiger partial charge in [-0.2, -0.15) is 0 Å². The summed E-state index contributed by atoms with van der Waals surface area (Å²) in [7, 11) is 0. The number of hydrogen-bond acceptors (Lipinski definition) is 3. The highest BCUT2D eigenvalue weighted by molar-refractivity contribution is 6.07. The zero-order valence-corrected chi connectivity index (χ0v) is 10.5. The molecule has 0 fully saturated rings. The molecule has 17 heavy (non-hydrogen) atoms. The summed E-state index contributed by atoms with van der Waals surface area (Å²) in [5.74, 6) is -1.88. The Bertz CT molecular complexity index is 360. The van der Waals surface area contributed by atoms with Crippen LogP contribution in [0.4, 0.5) is 4.79 Å². The number of carbonyl (C=O) groups excluding carboxylic acids is 2. The molecule has 3 N–H and O–H groups in total. The second kappa shape index (κ2) is 6.67. The average molecular weight is 242 g/mol. The molecule has 0 aliphatic carbocycles. The number of nitrogens with one attached hydrogen (secondary N) is 2. The Morgan fingerprint density at radius 3 is 2.12 bits per heavy atom. The van der Waals surface area contributed by atoms with Crippen LogP contribution in [0.15, 0.2) is 11.1 Å². The van der Waals surface area contributed by atoms with Crippen molar-refractivity contribution in [1.82, 2.24) is 10.6 Å². The van der Waals surface area contributed by atoms with Crippen molar-refractivity contribution in [2.75, 3.05) is 0 Å². The topological polar surface area (TPSA) is 95.5 Å². The van der Waals surface area contributed by atoms with Crippen LogP contribution in [0.1, 0.15) is 34.1 Å². The van der Waals surface area contributed by atoms with Gasteiger partial charge < -0.3 is 10.4 Å². The van der Waals surface area contributed by atoms with E-state index in [1.54, 1.807) is 6.92 Å². The number of rotatable bonds is 4. The number of amides is 3. The highest BCUT2D eigenvalue weighted by atomic mass is 16.4. The van der Waals surface area contributed by atoms with Crippen molar-refractivity contribution < 1.29 is 19.5 Å². The van der Waals surface area contributed by atoms with E-state index >= 15 is 0 Å². The predicted molar refractivity (Wildman–Crippen MR) is 62.4 cm³/mol. The Morgan fingerprint density at radius 1 is 1.18 bits per heavy atom. The lowest BCUT2D eigenvalue weighted by Crippen LogP contribution is -2.43. The number of carboxylic acid groups (broad SMARTS) is 1. The fraction of sp³-hybridized carbons (Fsp3) is 0.545. The fourth-order valence-electron chi connectivity index (χ4n) is 0.889. The Balaban J connectivity index is 4.51. The second-order valence-corrected chi connectivity index (χ2v) is 3.79. The largest absolute Gasteiger partial charge is 0.478 e. The zero-order valence-electron chi connectivity index (χ0n) is 10.5. The van der Waals surface area contributed by atoms with Gasteiger partial charge in [-0.1, -0.05) is 6.92 Å². The zero-order chi connectivity index (χ0) is 13.6. The van der Waals surface area contributed by atoms with E-state index in [-0.39, 0.29) is 17.2 Å². The van der Waals surface area contributed by atoms with E-state index in [0.29, 0.717) is 0 Å². The Hall–Kier alpha value is -1.85. The lowest BCUT2D eigenvalue weighted by molar-refractivity contribution is -0.133. The van der Waals surface area contributed by atoms with Gasteiger partial charge in [-0.05, 0) is 27.2 Å². The summed E-state index contributed by atoms with van der Waals surface area (Å²) in [5.41, 5.74) is -0.0735. The first-order valence-corrected chi connectivity index (χ1v) is 5.32. The third-order valence-corrected chi connectivity index (χ3v) is 2.44. The Morgan fingerprint density at radius 2 is 1.71 bits per heavy atom. The van der Waals surface area contributed by atoms with Gasteiger partial charge in [0, 0.05) is 17.2 Å². The number of imide groups is 1. The first-order valence-electron chi connectivity index (χ1n) is 5.32. The van der Waals surface area contributed by atoms with Gasteiger partial charge in [-0.25, -0.2) is 9.59 Å². The summed E-state index contributed by atoms with van der Waals surface area (Å²) in [6.45, 7) is 6.36. The molecule has 96 valence electrons. The molecule has 3 amide bonds. The summed E-state index contributed by atoms with van der Waals surface area (Å²) in [6.07, 6.45) is 0.741. The van der Waals surface area contributed by atoms with Gasteiger partial charge >= 0.3 is 12.0 Å². The third-order valence-electron chi connectivity index (χ3n) is 2.44. The molecule has 0 aliphatic heterocycles. The fourth-order valence-corrected chi connectivity index (χ4v) is 0.889. The molecule has 0 aromatic rings. The maximum absolute atomic E-state index is 11.5. The van der Waals surface area contributed by atoms with Crippen molar-refractivity contribution in [3.63, 3.8) is 0 Å². The average Bonchev–Trinajstić information content (AvgIpc) is 2.26. The van der Waals surface area contributed by atoms with E-state index < -0.39 is 17.9 Å². The number of aliphatic carboxylic acids is 1. The molecule has 0 aromatic carbocycles. The molecule has 0 radical (unpaired) electrons. The summed E-state index contributed by atoms with van der Waals surface area (Å²) in [6, 6.07) is -0.672. The molecule has 0 bridgehead atoms. The lowest BCUT2D eigenvalue weighted by atomic mass is 10.1. The van der Waals surface area contributed by atoms with Crippen LogP contribution in [0.2, 0.25) is 0 Å². The standard InChI is InChI=1S/C11H18N2O4/c1-5-6(2)12-11(17)13-9(14)7(3)8(4)10(15)16/h6H,5H2,1-4H3,(H,15,16)(H2,12,13,14,17). The molecule has 0 heterocycles. The van der Waals surface area contributed by atoms with Gasteiger partial charge in [0.15, 0.2) is 0 Å². The summed E-state index contributed by atoms with van der Waals surface area (Å²) < 4.78 is 0. The molecule has 6 heteroatoms. The van der Waals surface area contributed by atoms with Gasteiger partial charge in [0.25, 0.3) is 5.91 Å². The number of carbonyl (C=O) groups is 3. The van der Waals surface area contributed by atoms with Crippen LogP contribution >= 0.6 is 0 Å². The quantitative estimate of drug-likeness (QED) is 0.641. The minimum atomic E-state index is -1.18.